The van der Waals surface area contributed by atoms with Gasteiger partial charge in [-0.05, 0) is 31.0 Å². The van der Waals surface area contributed by atoms with Gasteiger partial charge in [0.25, 0.3) is 11.0 Å². The van der Waals surface area contributed by atoms with E-state index >= 15 is 0 Å². The van der Waals surface area contributed by atoms with Crippen LogP contribution >= 0.6 is 11.9 Å². The number of carbonyl (C=O) groups is 2. The number of aryl methyl sites for hydroxylation is 1. The third-order valence-electron chi connectivity index (χ3n) is 4.23. The largest absolute Gasteiger partial charge is 0.464 e. The average Bonchev–Trinajstić information content (AvgIpc) is 2.93. The van der Waals surface area contributed by atoms with Crippen molar-refractivity contribution in [1.82, 2.24) is 15.4 Å². The normalized spacial score (nSPS) is 18.3. The molecule has 0 aliphatic carbocycles. The van der Waals surface area contributed by atoms with Gasteiger partial charge in [0, 0.05) is 17.3 Å². The zero-order chi connectivity index (χ0) is 18.4. The monoisotopic (exact) mass is 366 g/mol. The van der Waals surface area contributed by atoms with E-state index in [0.717, 1.165) is 29.3 Å². The molecule has 0 saturated carbocycles. The second-order valence-electron chi connectivity index (χ2n) is 5.71. The molecule has 0 saturated heterocycles. The van der Waals surface area contributed by atoms with E-state index in [9.17, 15) is 19.8 Å². The number of aromatic nitrogens is 1. The Labute approximate surface area is 147 Å². The van der Waals surface area contributed by atoms with Crippen LogP contribution in [0.5, 0.6) is 0 Å². The summed E-state index contributed by atoms with van der Waals surface area (Å²) in [5.41, 5.74) is 6.30. The Kier molecular flexibility index (Phi) is 4.27. The van der Waals surface area contributed by atoms with Gasteiger partial charge in [-0.25, -0.2) is 10.2 Å². The Balaban J connectivity index is 2.24. The quantitative estimate of drug-likeness (QED) is 0.268. The Morgan fingerprint density at radius 3 is 2.72 bits per heavy atom. The molecule has 0 fully saturated rings. The van der Waals surface area contributed by atoms with E-state index in [-0.39, 0.29) is 5.69 Å². The highest BCUT2D eigenvalue weighted by molar-refractivity contribution is 8.01. The fraction of sp³-hybridized carbons (Fsp3) is 0.333. The maximum absolute atomic E-state index is 12.5. The third kappa shape index (κ3) is 2.88. The van der Waals surface area contributed by atoms with E-state index in [0.29, 0.717) is 11.2 Å². The van der Waals surface area contributed by atoms with E-state index in [1.54, 1.807) is 13.0 Å². The molecule has 0 radical (unpaired) electrons. The van der Waals surface area contributed by atoms with Crippen molar-refractivity contribution in [2.75, 3.05) is 4.72 Å². The Morgan fingerprint density at radius 1 is 1.36 bits per heavy atom. The van der Waals surface area contributed by atoms with E-state index < -0.39 is 23.2 Å². The van der Waals surface area contributed by atoms with Gasteiger partial charge >= 0.3 is 6.09 Å². The number of anilines is 1. The summed E-state index contributed by atoms with van der Waals surface area (Å²) in [5.74, 6) is -0.693. The number of carbonyl (C=O) groups excluding carboxylic acids is 1. The van der Waals surface area contributed by atoms with Crippen LogP contribution < -0.4 is 15.6 Å². The topological polar surface area (TPSA) is 136 Å². The van der Waals surface area contributed by atoms with Crippen LogP contribution in [0, 0.1) is 0 Å². The van der Waals surface area contributed by atoms with Crippen LogP contribution in [-0.4, -0.2) is 37.0 Å². The highest BCUT2D eigenvalue weighted by Gasteiger charge is 2.39. The van der Waals surface area contributed by atoms with Crippen LogP contribution in [0.2, 0.25) is 0 Å². The predicted molar refractivity (Wildman–Crippen MR) is 93.0 cm³/mol. The summed E-state index contributed by atoms with van der Waals surface area (Å²) in [5, 5.41) is 27.9. The lowest BCUT2D eigenvalue weighted by Crippen LogP contribution is -2.42. The standard InChI is InChI=1S/C15H18N4O5S/c1-3-8-4-5-10-12-9(8)6-11(13(20)16-17-14(21)22)19(12)7(2)15(23,24)25-18-10/h4-7,17-18,23-24H,3H2,1-2H3,(H,16,20)(H,21,22). The van der Waals surface area contributed by atoms with Gasteiger partial charge < -0.3 is 24.6 Å². The van der Waals surface area contributed by atoms with Crippen molar-refractivity contribution in [2.45, 2.75) is 31.4 Å². The van der Waals surface area contributed by atoms with Crippen LogP contribution in [0.15, 0.2) is 18.2 Å². The highest BCUT2D eigenvalue weighted by atomic mass is 32.2. The van der Waals surface area contributed by atoms with Gasteiger partial charge in [0.05, 0.1) is 17.2 Å². The third-order valence-corrected chi connectivity index (χ3v) is 5.19. The first-order valence-electron chi connectivity index (χ1n) is 7.61. The molecule has 1 aliphatic heterocycles. The minimum absolute atomic E-state index is 0.121. The van der Waals surface area contributed by atoms with Gasteiger partial charge in [-0.3, -0.25) is 10.2 Å². The van der Waals surface area contributed by atoms with Crippen molar-refractivity contribution in [3.63, 3.8) is 0 Å². The molecule has 1 unspecified atom stereocenters. The number of hydrogen-bond acceptors (Lipinski definition) is 6. The summed E-state index contributed by atoms with van der Waals surface area (Å²) in [7, 11) is 0. The maximum Gasteiger partial charge on any atom is 0.423 e. The number of hydrazine groups is 1. The lowest BCUT2D eigenvalue weighted by molar-refractivity contribution is -0.107. The van der Waals surface area contributed by atoms with Gasteiger partial charge in [0.1, 0.15) is 5.69 Å². The molecule has 25 heavy (non-hydrogen) atoms. The summed E-state index contributed by atoms with van der Waals surface area (Å²) >= 11 is 0.735. The second kappa shape index (κ2) is 6.14. The molecular formula is C15H18N4O5S. The fourth-order valence-corrected chi connectivity index (χ4v) is 3.62. The van der Waals surface area contributed by atoms with Crippen molar-refractivity contribution >= 4 is 40.5 Å². The van der Waals surface area contributed by atoms with Crippen LogP contribution in [0.1, 0.15) is 35.9 Å². The fourth-order valence-electron chi connectivity index (χ4n) is 2.92. The zero-order valence-electron chi connectivity index (χ0n) is 13.5. The molecule has 1 aliphatic rings. The molecule has 1 aromatic heterocycles. The number of amides is 2. The summed E-state index contributed by atoms with van der Waals surface area (Å²) < 4.78 is 4.43. The van der Waals surface area contributed by atoms with Gasteiger partial charge in [0.2, 0.25) is 0 Å². The minimum Gasteiger partial charge on any atom is -0.464 e. The molecule has 134 valence electrons. The lowest BCUT2D eigenvalue weighted by atomic mass is 10.1. The molecule has 2 amide bonds. The maximum atomic E-state index is 12.5. The minimum atomic E-state index is -2.17. The van der Waals surface area contributed by atoms with Crippen molar-refractivity contribution < 1.29 is 24.9 Å². The number of nitrogens with zero attached hydrogens (tertiary/aromatic N) is 1. The van der Waals surface area contributed by atoms with Gasteiger partial charge in [0.15, 0.2) is 0 Å². The van der Waals surface area contributed by atoms with Crippen LogP contribution in [0.25, 0.3) is 10.9 Å². The zero-order valence-corrected chi connectivity index (χ0v) is 14.3. The molecule has 9 nitrogen and oxygen atoms in total. The van der Waals surface area contributed by atoms with E-state index in [1.807, 2.05) is 24.5 Å². The van der Waals surface area contributed by atoms with Crippen LogP contribution in [0.3, 0.4) is 0 Å². The first kappa shape index (κ1) is 17.4. The lowest BCUT2D eigenvalue weighted by Gasteiger charge is -2.27. The second-order valence-corrected chi connectivity index (χ2v) is 6.72. The molecule has 6 N–H and O–H groups in total. The molecule has 2 heterocycles. The summed E-state index contributed by atoms with van der Waals surface area (Å²) in [6, 6.07) is 4.47. The molecule has 10 heteroatoms. The number of nitrogens with one attached hydrogen (secondary N) is 3. The predicted octanol–water partition coefficient (Wildman–Crippen LogP) is 1.39. The van der Waals surface area contributed by atoms with Crippen molar-refractivity contribution in [1.29, 1.82) is 0 Å². The molecule has 0 spiro atoms. The van der Waals surface area contributed by atoms with Gasteiger partial charge in [-0.15, -0.1) is 0 Å². The molecule has 3 rings (SSSR count). The number of carboxylic acid groups (broad SMARTS) is 1. The molecule has 2 aromatic rings. The smallest absolute Gasteiger partial charge is 0.423 e. The Bertz CT molecular complexity index is 863. The van der Waals surface area contributed by atoms with Gasteiger partial charge in [-0.1, -0.05) is 13.0 Å². The molecule has 1 aromatic carbocycles. The van der Waals surface area contributed by atoms with Crippen molar-refractivity contribution in [3.8, 4) is 0 Å². The highest BCUT2D eigenvalue weighted by Crippen LogP contribution is 2.43. The summed E-state index contributed by atoms with van der Waals surface area (Å²) in [6.07, 6.45) is -0.681. The first-order chi connectivity index (χ1) is 11.8. The number of hydrogen-bond donors (Lipinski definition) is 6. The summed E-state index contributed by atoms with van der Waals surface area (Å²) in [6.45, 7) is 3.55. The first-order valence-corrected chi connectivity index (χ1v) is 8.42. The SMILES string of the molecule is CCc1ccc2c3c1cc(C(=O)NNC(=O)O)n3C(C)C(O)(O)SN2. The van der Waals surface area contributed by atoms with Crippen molar-refractivity contribution in [3.05, 3.63) is 29.5 Å². The van der Waals surface area contributed by atoms with Crippen LogP contribution in [0.4, 0.5) is 10.5 Å². The van der Waals surface area contributed by atoms with E-state index in [4.69, 9.17) is 5.11 Å². The van der Waals surface area contributed by atoms with Crippen molar-refractivity contribution in [2.24, 2.45) is 0 Å². The number of benzene rings is 1. The molecular weight excluding hydrogens is 348 g/mol. The van der Waals surface area contributed by atoms with E-state index in [2.05, 4.69) is 10.1 Å². The number of rotatable bonds is 2. The van der Waals surface area contributed by atoms with Crippen LogP contribution in [-0.2, 0) is 6.42 Å². The van der Waals surface area contributed by atoms with Gasteiger partial charge in [-0.2, -0.15) is 0 Å². The Hall–Kier alpha value is -2.43. The number of aliphatic hydroxyl groups is 2. The van der Waals surface area contributed by atoms with E-state index in [1.165, 1.54) is 4.57 Å². The summed E-state index contributed by atoms with van der Waals surface area (Å²) in [4.78, 5) is 23.1. The molecule has 1 atom stereocenters. The average molecular weight is 366 g/mol. The molecule has 0 bridgehead atoms. The Morgan fingerprint density at radius 2 is 2.08 bits per heavy atom.